The standard InChI is InChI=1S/C20H18FN3O/c21-17-5-7-18(8-6-17)23-19-11-16-12-22-24-20(16)10-15(19)4-3-14-2-1-9-25-13-14/h5-8,10-12,14,23H,1-2,9,13H2,(H,22,24). The molecule has 2 heterocycles. The van der Waals surface area contributed by atoms with Gasteiger partial charge in [-0.2, -0.15) is 5.10 Å². The van der Waals surface area contributed by atoms with Crippen molar-refractivity contribution in [2.45, 2.75) is 12.8 Å². The fourth-order valence-corrected chi connectivity index (χ4v) is 2.92. The Morgan fingerprint density at radius 3 is 2.92 bits per heavy atom. The van der Waals surface area contributed by atoms with Crippen LogP contribution in [0.25, 0.3) is 10.9 Å². The van der Waals surface area contributed by atoms with E-state index in [0.29, 0.717) is 6.61 Å². The van der Waals surface area contributed by atoms with Crippen LogP contribution in [0.4, 0.5) is 15.8 Å². The van der Waals surface area contributed by atoms with Gasteiger partial charge in [0, 0.05) is 23.6 Å². The number of aromatic amines is 1. The molecular weight excluding hydrogens is 317 g/mol. The maximum atomic E-state index is 13.1. The second-order valence-electron chi connectivity index (χ2n) is 6.17. The molecule has 2 aromatic carbocycles. The van der Waals surface area contributed by atoms with Gasteiger partial charge in [-0.1, -0.05) is 11.8 Å². The molecule has 1 atom stereocenters. The zero-order valence-corrected chi connectivity index (χ0v) is 13.7. The number of ether oxygens (including phenoxy) is 1. The maximum absolute atomic E-state index is 13.1. The average Bonchev–Trinajstić information content (AvgIpc) is 3.10. The first kappa shape index (κ1) is 15.7. The highest BCUT2D eigenvalue weighted by Crippen LogP contribution is 2.26. The van der Waals surface area contributed by atoms with Crippen LogP contribution in [-0.4, -0.2) is 23.4 Å². The third-order valence-corrected chi connectivity index (χ3v) is 4.27. The average molecular weight is 335 g/mol. The fourth-order valence-electron chi connectivity index (χ4n) is 2.92. The lowest BCUT2D eigenvalue weighted by atomic mass is 10.0. The highest BCUT2D eigenvalue weighted by atomic mass is 19.1. The van der Waals surface area contributed by atoms with E-state index in [1.54, 1.807) is 18.3 Å². The molecule has 25 heavy (non-hydrogen) atoms. The Hall–Kier alpha value is -2.84. The molecule has 0 saturated carbocycles. The summed E-state index contributed by atoms with van der Waals surface area (Å²) in [6.45, 7) is 1.52. The Morgan fingerprint density at radius 2 is 2.12 bits per heavy atom. The van der Waals surface area contributed by atoms with Crippen molar-refractivity contribution in [1.29, 1.82) is 0 Å². The molecule has 1 aliphatic rings. The summed E-state index contributed by atoms with van der Waals surface area (Å²) in [4.78, 5) is 0. The quantitative estimate of drug-likeness (QED) is 0.689. The van der Waals surface area contributed by atoms with E-state index in [9.17, 15) is 4.39 Å². The predicted molar refractivity (Wildman–Crippen MR) is 96.2 cm³/mol. The van der Waals surface area contributed by atoms with Crippen LogP contribution in [0.5, 0.6) is 0 Å². The molecule has 0 spiro atoms. The topological polar surface area (TPSA) is 49.9 Å². The minimum Gasteiger partial charge on any atom is -0.380 e. The first-order valence-electron chi connectivity index (χ1n) is 8.37. The highest BCUT2D eigenvalue weighted by Gasteiger charge is 2.11. The van der Waals surface area contributed by atoms with Crippen LogP contribution in [0.15, 0.2) is 42.6 Å². The number of aromatic nitrogens is 2. The van der Waals surface area contributed by atoms with E-state index >= 15 is 0 Å². The second kappa shape index (κ2) is 6.96. The molecule has 2 N–H and O–H groups in total. The van der Waals surface area contributed by atoms with Gasteiger partial charge in [0.05, 0.1) is 29.6 Å². The Bertz CT molecular complexity index is 931. The summed E-state index contributed by atoms with van der Waals surface area (Å²) in [5.74, 6) is 6.62. The van der Waals surface area contributed by atoms with E-state index in [1.165, 1.54) is 12.1 Å². The van der Waals surface area contributed by atoms with Gasteiger partial charge in [-0.15, -0.1) is 0 Å². The summed E-state index contributed by atoms with van der Waals surface area (Å²) in [6.07, 6.45) is 3.90. The van der Waals surface area contributed by atoms with Gasteiger partial charge >= 0.3 is 0 Å². The zero-order valence-electron chi connectivity index (χ0n) is 13.7. The molecule has 5 heteroatoms. The van der Waals surface area contributed by atoms with Crippen molar-refractivity contribution in [2.24, 2.45) is 5.92 Å². The van der Waals surface area contributed by atoms with Crippen LogP contribution < -0.4 is 5.32 Å². The lowest BCUT2D eigenvalue weighted by Crippen LogP contribution is -2.15. The highest BCUT2D eigenvalue weighted by molar-refractivity contribution is 5.86. The van der Waals surface area contributed by atoms with E-state index in [-0.39, 0.29) is 11.7 Å². The van der Waals surface area contributed by atoms with Gasteiger partial charge in [0.2, 0.25) is 0 Å². The lowest BCUT2D eigenvalue weighted by Gasteiger charge is -2.16. The molecule has 0 bridgehead atoms. The van der Waals surface area contributed by atoms with Gasteiger partial charge < -0.3 is 10.1 Å². The van der Waals surface area contributed by atoms with Crippen LogP contribution >= 0.6 is 0 Å². The van der Waals surface area contributed by atoms with Crippen LogP contribution in [0, 0.1) is 23.6 Å². The monoisotopic (exact) mass is 335 g/mol. The molecule has 3 aromatic rings. The first-order chi connectivity index (χ1) is 12.3. The fraction of sp³-hybridized carbons (Fsp3) is 0.250. The third-order valence-electron chi connectivity index (χ3n) is 4.27. The van der Waals surface area contributed by atoms with E-state index in [2.05, 4.69) is 27.4 Å². The molecule has 1 unspecified atom stereocenters. The van der Waals surface area contributed by atoms with Gasteiger partial charge in [-0.25, -0.2) is 4.39 Å². The van der Waals surface area contributed by atoms with Crippen LogP contribution in [0.3, 0.4) is 0 Å². The van der Waals surface area contributed by atoms with Crippen molar-refractivity contribution < 1.29 is 9.13 Å². The van der Waals surface area contributed by atoms with Gasteiger partial charge in [0.1, 0.15) is 5.82 Å². The Balaban J connectivity index is 1.68. The maximum Gasteiger partial charge on any atom is 0.123 e. The molecule has 0 radical (unpaired) electrons. The molecule has 4 rings (SSSR count). The number of nitrogens with zero attached hydrogens (tertiary/aromatic N) is 1. The summed E-state index contributed by atoms with van der Waals surface area (Å²) < 4.78 is 18.6. The van der Waals surface area contributed by atoms with E-state index in [4.69, 9.17) is 4.74 Å². The van der Waals surface area contributed by atoms with Crippen molar-refractivity contribution >= 4 is 22.3 Å². The lowest BCUT2D eigenvalue weighted by molar-refractivity contribution is 0.0740. The van der Waals surface area contributed by atoms with E-state index < -0.39 is 0 Å². The molecule has 126 valence electrons. The van der Waals surface area contributed by atoms with Crippen LogP contribution in [0.2, 0.25) is 0 Å². The van der Waals surface area contributed by atoms with Crippen LogP contribution in [0.1, 0.15) is 18.4 Å². The molecule has 0 amide bonds. The number of H-pyrrole nitrogens is 1. The van der Waals surface area contributed by atoms with Crippen molar-refractivity contribution in [3.8, 4) is 11.8 Å². The van der Waals surface area contributed by atoms with Gasteiger partial charge in [-0.05, 0) is 49.2 Å². The summed E-state index contributed by atoms with van der Waals surface area (Å²) in [6, 6.07) is 10.3. The minimum atomic E-state index is -0.256. The van der Waals surface area contributed by atoms with E-state index in [1.807, 2.05) is 12.1 Å². The SMILES string of the molecule is Fc1ccc(Nc2cc3cn[nH]c3cc2C#CC2CCCOC2)cc1. The number of hydrogen-bond donors (Lipinski definition) is 2. The Labute approximate surface area is 145 Å². The number of halogens is 1. The number of anilines is 2. The van der Waals surface area contributed by atoms with Crippen molar-refractivity contribution in [3.05, 3.63) is 54.0 Å². The Morgan fingerprint density at radius 1 is 1.24 bits per heavy atom. The summed E-state index contributed by atoms with van der Waals surface area (Å²) in [5.41, 5.74) is 3.51. The molecule has 4 nitrogen and oxygen atoms in total. The van der Waals surface area contributed by atoms with Gasteiger partial charge in [0.25, 0.3) is 0 Å². The normalized spacial score (nSPS) is 17.1. The molecule has 1 aliphatic heterocycles. The predicted octanol–water partition coefficient (Wildman–Crippen LogP) is 4.22. The molecular formula is C20H18FN3O. The molecule has 0 aliphatic carbocycles. The first-order valence-corrected chi connectivity index (χ1v) is 8.37. The number of benzene rings is 2. The molecule has 1 saturated heterocycles. The van der Waals surface area contributed by atoms with E-state index in [0.717, 1.165) is 47.3 Å². The van der Waals surface area contributed by atoms with Crippen molar-refractivity contribution in [2.75, 3.05) is 18.5 Å². The molecule has 1 aromatic heterocycles. The third kappa shape index (κ3) is 3.65. The van der Waals surface area contributed by atoms with Gasteiger partial charge in [0.15, 0.2) is 0 Å². The largest absolute Gasteiger partial charge is 0.380 e. The number of rotatable bonds is 2. The zero-order chi connectivity index (χ0) is 17.1. The number of fused-ring (bicyclic) bond motifs is 1. The Kier molecular flexibility index (Phi) is 4.36. The summed E-state index contributed by atoms with van der Waals surface area (Å²) in [7, 11) is 0. The summed E-state index contributed by atoms with van der Waals surface area (Å²) in [5, 5.41) is 11.4. The molecule has 1 fully saturated rings. The van der Waals surface area contributed by atoms with Gasteiger partial charge in [-0.3, -0.25) is 5.10 Å². The van der Waals surface area contributed by atoms with Crippen LogP contribution in [-0.2, 0) is 4.74 Å². The van der Waals surface area contributed by atoms with Crippen molar-refractivity contribution in [3.63, 3.8) is 0 Å². The van der Waals surface area contributed by atoms with Crippen molar-refractivity contribution in [1.82, 2.24) is 10.2 Å². The number of nitrogens with one attached hydrogen (secondary N) is 2. The number of hydrogen-bond acceptors (Lipinski definition) is 3. The smallest absolute Gasteiger partial charge is 0.123 e. The second-order valence-corrected chi connectivity index (χ2v) is 6.17. The summed E-state index contributed by atoms with van der Waals surface area (Å²) >= 11 is 0. The minimum absolute atomic E-state index is 0.256.